The minimum absolute atomic E-state index is 0.102. The van der Waals surface area contributed by atoms with Gasteiger partial charge in [-0.2, -0.15) is 0 Å². The molecule has 2 aromatic rings. The lowest BCUT2D eigenvalue weighted by Gasteiger charge is -2.00. The summed E-state index contributed by atoms with van der Waals surface area (Å²) < 4.78 is 13.4. The molecule has 0 aliphatic heterocycles. The van der Waals surface area contributed by atoms with Crippen LogP contribution in [0.15, 0.2) is 41.8 Å². The molecule has 1 N–H and O–H groups in total. The second-order valence-electron chi connectivity index (χ2n) is 3.36. The Morgan fingerprint density at radius 2 is 2.00 bits per heavy atom. The molecule has 1 aromatic heterocycles. The fraction of sp³-hybridized carbons (Fsp3) is 0. The summed E-state index contributed by atoms with van der Waals surface area (Å²) in [7, 11) is 0. The lowest BCUT2D eigenvalue weighted by molar-refractivity contribution is -0.130. The molecule has 0 saturated carbocycles. The number of hydrogen-bond acceptors (Lipinski definition) is 2. The third kappa shape index (κ3) is 2.60. The predicted octanol–water partition coefficient (Wildman–Crippen LogP) is 3.51. The van der Waals surface area contributed by atoms with Crippen molar-refractivity contribution >= 4 is 29.0 Å². The topological polar surface area (TPSA) is 37.3 Å². The van der Waals surface area contributed by atoms with Gasteiger partial charge in [-0.25, -0.2) is 9.18 Å². The number of rotatable bonds is 3. The van der Waals surface area contributed by atoms with E-state index in [0.29, 0.717) is 4.88 Å². The Morgan fingerprint density at radius 3 is 2.59 bits per heavy atom. The van der Waals surface area contributed by atoms with Crippen molar-refractivity contribution in [3.8, 4) is 0 Å². The molecular weight excluding hydrogens is 239 g/mol. The molecule has 0 saturated heterocycles. The van der Waals surface area contributed by atoms with Crippen molar-refractivity contribution < 1.29 is 14.3 Å². The Balaban J connectivity index is 2.48. The minimum atomic E-state index is -1.06. The van der Waals surface area contributed by atoms with Gasteiger partial charge in [-0.1, -0.05) is 24.3 Å². The van der Waals surface area contributed by atoms with E-state index in [4.69, 9.17) is 5.11 Å². The van der Waals surface area contributed by atoms with E-state index in [-0.39, 0.29) is 11.1 Å². The molecule has 0 amide bonds. The average molecular weight is 248 g/mol. The number of carbonyl (C=O) groups is 1. The first-order chi connectivity index (χ1) is 8.18. The highest BCUT2D eigenvalue weighted by Gasteiger charge is 2.12. The van der Waals surface area contributed by atoms with Crippen molar-refractivity contribution in [3.63, 3.8) is 0 Å². The van der Waals surface area contributed by atoms with Crippen molar-refractivity contribution in [2.75, 3.05) is 0 Å². The molecule has 0 aliphatic rings. The lowest BCUT2D eigenvalue weighted by Crippen LogP contribution is -1.98. The Kier molecular flexibility index (Phi) is 3.35. The summed E-state index contributed by atoms with van der Waals surface area (Å²) in [4.78, 5) is 11.7. The molecular formula is C13H9FO2S. The molecule has 0 aliphatic carbocycles. The number of carboxylic acid groups (broad SMARTS) is 1. The van der Waals surface area contributed by atoms with E-state index in [1.54, 1.807) is 35.7 Å². The SMILES string of the molecule is O=C(O)/C(=C\c1ccccc1F)c1cccs1. The quantitative estimate of drug-likeness (QED) is 0.844. The van der Waals surface area contributed by atoms with E-state index in [0.717, 1.165) is 0 Å². The molecule has 1 aromatic carbocycles. The predicted molar refractivity (Wildman–Crippen MR) is 66.2 cm³/mol. The normalized spacial score (nSPS) is 11.5. The van der Waals surface area contributed by atoms with Gasteiger partial charge in [0.2, 0.25) is 0 Å². The van der Waals surface area contributed by atoms with Gasteiger partial charge < -0.3 is 5.11 Å². The first kappa shape index (κ1) is 11.5. The highest BCUT2D eigenvalue weighted by molar-refractivity contribution is 7.11. The summed E-state index contributed by atoms with van der Waals surface area (Å²) in [6.07, 6.45) is 1.35. The number of thiophene rings is 1. The smallest absolute Gasteiger partial charge is 0.337 e. The lowest BCUT2D eigenvalue weighted by atomic mass is 10.1. The van der Waals surface area contributed by atoms with Gasteiger partial charge in [-0.15, -0.1) is 11.3 Å². The molecule has 0 radical (unpaired) electrons. The van der Waals surface area contributed by atoms with Crippen LogP contribution in [0, 0.1) is 5.82 Å². The van der Waals surface area contributed by atoms with Crippen molar-refractivity contribution in [3.05, 3.63) is 58.0 Å². The van der Waals surface area contributed by atoms with Crippen molar-refractivity contribution in [2.45, 2.75) is 0 Å². The standard InChI is InChI=1S/C13H9FO2S/c14-11-5-2-1-4-9(11)8-10(13(15)16)12-6-3-7-17-12/h1-8H,(H,15,16)/b10-8-. The van der Waals surface area contributed by atoms with Gasteiger partial charge in [0, 0.05) is 10.4 Å². The summed E-state index contributed by atoms with van der Waals surface area (Å²) in [5.74, 6) is -1.49. The molecule has 1 heterocycles. The Morgan fingerprint density at radius 1 is 1.24 bits per heavy atom. The number of carboxylic acids is 1. The van der Waals surface area contributed by atoms with Crippen LogP contribution in [0.4, 0.5) is 4.39 Å². The fourth-order valence-electron chi connectivity index (χ4n) is 1.42. The number of benzene rings is 1. The molecule has 4 heteroatoms. The number of hydrogen-bond donors (Lipinski definition) is 1. The molecule has 0 fully saturated rings. The van der Waals surface area contributed by atoms with Crippen LogP contribution in [-0.4, -0.2) is 11.1 Å². The van der Waals surface area contributed by atoms with Gasteiger partial charge in [0.1, 0.15) is 5.82 Å². The van der Waals surface area contributed by atoms with Crippen LogP contribution < -0.4 is 0 Å². The maximum atomic E-state index is 13.4. The van der Waals surface area contributed by atoms with Crippen LogP contribution in [0.3, 0.4) is 0 Å². The van der Waals surface area contributed by atoms with Gasteiger partial charge in [0.05, 0.1) is 5.57 Å². The zero-order valence-electron chi connectivity index (χ0n) is 8.76. The molecule has 86 valence electrons. The molecule has 2 rings (SSSR count). The molecule has 0 spiro atoms. The van der Waals surface area contributed by atoms with Crippen molar-refractivity contribution in [1.29, 1.82) is 0 Å². The first-order valence-corrected chi connectivity index (χ1v) is 5.80. The maximum absolute atomic E-state index is 13.4. The highest BCUT2D eigenvalue weighted by atomic mass is 32.1. The zero-order chi connectivity index (χ0) is 12.3. The van der Waals surface area contributed by atoms with Crippen LogP contribution in [0.2, 0.25) is 0 Å². The van der Waals surface area contributed by atoms with Gasteiger partial charge in [0.25, 0.3) is 0 Å². The number of aliphatic carboxylic acids is 1. The first-order valence-electron chi connectivity index (χ1n) is 4.92. The molecule has 0 unspecified atom stereocenters. The van der Waals surface area contributed by atoms with Gasteiger partial charge in [-0.3, -0.25) is 0 Å². The van der Waals surface area contributed by atoms with Gasteiger partial charge in [0.15, 0.2) is 0 Å². The summed E-state index contributed by atoms with van der Waals surface area (Å²) in [5.41, 5.74) is 0.378. The number of halogens is 1. The summed E-state index contributed by atoms with van der Waals surface area (Å²) >= 11 is 1.31. The fourth-order valence-corrected chi connectivity index (χ4v) is 2.15. The van der Waals surface area contributed by atoms with Crippen molar-refractivity contribution in [1.82, 2.24) is 0 Å². The molecule has 0 atom stereocenters. The summed E-state index contributed by atoms with van der Waals surface area (Å²) in [5, 5.41) is 10.9. The van der Waals surface area contributed by atoms with E-state index in [1.807, 2.05) is 0 Å². The maximum Gasteiger partial charge on any atom is 0.337 e. The van der Waals surface area contributed by atoms with Crippen LogP contribution >= 0.6 is 11.3 Å². The van der Waals surface area contributed by atoms with E-state index in [2.05, 4.69) is 0 Å². The van der Waals surface area contributed by atoms with E-state index < -0.39 is 11.8 Å². The van der Waals surface area contributed by atoms with E-state index in [1.165, 1.54) is 23.5 Å². The molecule has 17 heavy (non-hydrogen) atoms. The van der Waals surface area contributed by atoms with Crippen LogP contribution in [0.5, 0.6) is 0 Å². The minimum Gasteiger partial charge on any atom is -0.478 e. The zero-order valence-corrected chi connectivity index (χ0v) is 9.58. The van der Waals surface area contributed by atoms with Crippen LogP contribution in [-0.2, 0) is 4.79 Å². The molecule has 0 bridgehead atoms. The van der Waals surface area contributed by atoms with Gasteiger partial charge >= 0.3 is 5.97 Å². The monoisotopic (exact) mass is 248 g/mol. The highest BCUT2D eigenvalue weighted by Crippen LogP contribution is 2.23. The van der Waals surface area contributed by atoms with Gasteiger partial charge in [-0.05, 0) is 23.6 Å². The van der Waals surface area contributed by atoms with E-state index in [9.17, 15) is 9.18 Å². The Labute approximate surface area is 102 Å². The Bertz CT molecular complexity index is 559. The van der Waals surface area contributed by atoms with Crippen molar-refractivity contribution in [2.24, 2.45) is 0 Å². The third-order valence-electron chi connectivity index (χ3n) is 2.22. The average Bonchev–Trinajstić information content (AvgIpc) is 2.81. The largest absolute Gasteiger partial charge is 0.478 e. The van der Waals surface area contributed by atoms with Crippen LogP contribution in [0.25, 0.3) is 11.6 Å². The third-order valence-corrected chi connectivity index (χ3v) is 3.13. The second-order valence-corrected chi connectivity index (χ2v) is 4.31. The van der Waals surface area contributed by atoms with Crippen LogP contribution in [0.1, 0.15) is 10.4 Å². The van der Waals surface area contributed by atoms with E-state index >= 15 is 0 Å². The summed E-state index contributed by atoms with van der Waals surface area (Å²) in [6.45, 7) is 0. The second kappa shape index (κ2) is 4.93. The summed E-state index contributed by atoms with van der Waals surface area (Å²) in [6, 6.07) is 9.55. The molecule has 2 nitrogen and oxygen atoms in total. The Hall–Kier alpha value is -1.94.